The van der Waals surface area contributed by atoms with E-state index in [9.17, 15) is 14.4 Å². The molecule has 0 radical (unpaired) electrons. The van der Waals surface area contributed by atoms with Crippen LogP contribution in [0.5, 0.6) is 0 Å². The first-order valence-corrected chi connectivity index (χ1v) is 11.9. The number of rotatable bonds is 4. The molecular weight excluding hydrogens is 458 g/mol. The second-order valence-electron chi connectivity index (χ2n) is 7.56. The number of thiophene rings is 1. The second kappa shape index (κ2) is 8.09. The Hall–Kier alpha value is -3.56. The molecule has 166 valence electrons. The fourth-order valence-electron chi connectivity index (χ4n) is 4.15. The molecular formula is C24H19N3O4S2. The Balaban J connectivity index is 1.80. The Morgan fingerprint density at radius 1 is 1.24 bits per heavy atom. The van der Waals surface area contributed by atoms with Crippen LogP contribution in [-0.2, 0) is 14.3 Å². The zero-order valence-electron chi connectivity index (χ0n) is 17.9. The maximum atomic E-state index is 13.8. The number of hydrogen-bond acceptors (Lipinski definition) is 7. The number of hydrogen-bond donors (Lipinski definition) is 0. The lowest BCUT2D eigenvalue weighted by Crippen LogP contribution is -2.40. The summed E-state index contributed by atoms with van der Waals surface area (Å²) in [6.07, 6.45) is 1.49. The van der Waals surface area contributed by atoms with E-state index in [1.165, 1.54) is 33.3 Å². The van der Waals surface area contributed by atoms with Crippen LogP contribution in [0, 0.1) is 0 Å². The molecule has 0 unspecified atom stereocenters. The second-order valence-corrected chi connectivity index (χ2v) is 9.52. The van der Waals surface area contributed by atoms with Crippen molar-refractivity contribution >= 4 is 45.8 Å². The van der Waals surface area contributed by atoms with Gasteiger partial charge in [-0.1, -0.05) is 48.3 Å². The van der Waals surface area contributed by atoms with Gasteiger partial charge in [0.15, 0.2) is 4.80 Å². The summed E-state index contributed by atoms with van der Waals surface area (Å²) in [5, 5.41) is 1.89. The Labute approximate surface area is 196 Å². The van der Waals surface area contributed by atoms with Crippen molar-refractivity contribution in [2.24, 2.45) is 4.99 Å². The summed E-state index contributed by atoms with van der Waals surface area (Å²) >= 11 is 2.61. The number of amides is 1. The smallest absolute Gasteiger partial charge is 0.338 e. The number of carbonyl (C=O) groups is 2. The predicted octanol–water partition coefficient (Wildman–Crippen LogP) is 2.37. The lowest BCUT2D eigenvalue weighted by molar-refractivity contribution is -0.138. The van der Waals surface area contributed by atoms with Gasteiger partial charge in [0.05, 0.1) is 22.5 Å². The van der Waals surface area contributed by atoms with E-state index in [1.807, 2.05) is 41.8 Å². The minimum atomic E-state index is -0.683. The normalized spacial score (nSPS) is 18.7. The van der Waals surface area contributed by atoms with Crippen LogP contribution in [-0.4, -0.2) is 30.1 Å². The van der Waals surface area contributed by atoms with Gasteiger partial charge in [0, 0.05) is 17.5 Å². The molecule has 0 aliphatic carbocycles. The van der Waals surface area contributed by atoms with Crippen molar-refractivity contribution in [3.8, 4) is 0 Å². The van der Waals surface area contributed by atoms with Gasteiger partial charge in [0.2, 0.25) is 0 Å². The molecule has 2 aliphatic heterocycles. The molecule has 2 aromatic heterocycles. The van der Waals surface area contributed by atoms with Crippen molar-refractivity contribution in [2.75, 3.05) is 18.6 Å². The van der Waals surface area contributed by atoms with Gasteiger partial charge in [-0.25, -0.2) is 9.79 Å². The van der Waals surface area contributed by atoms with E-state index in [-0.39, 0.29) is 18.1 Å². The van der Waals surface area contributed by atoms with Crippen LogP contribution < -0.4 is 19.8 Å². The van der Waals surface area contributed by atoms with Crippen LogP contribution in [0.4, 0.5) is 5.69 Å². The fourth-order valence-corrected chi connectivity index (χ4v) is 6.11. The number of allylic oxidation sites excluding steroid dienone is 1. The number of nitrogens with zero attached hydrogens (tertiary/aromatic N) is 3. The number of benzene rings is 1. The Morgan fingerprint density at radius 2 is 2.03 bits per heavy atom. The summed E-state index contributed by atoms with van der Waals surface area (Å²) in [4.78, 5) is 47.2. The molecule has 5 rings (SSSR count). The highest BCUT2D eigenvalue weighted by atomic mass is 32.1. The highest BCUT2D eigenvalue weighted by molar-refractivity contribution is 7.10. The van der Waals surface area contributed by atoms with Crippen molar-refractivity contribution in [3.05, 3.63) is 95.8 Å². The summed E-state index contributed by atoms with van der Waals surface area (Å²) in [5.74, 6) is -0.787. The van der Waals surface area contributed by atoms with E-state index >= 15 is 0 Å². The zero-order valence-corrected chi connectivity index (χ0v) is 19.5. The SMILES string of the molecule is C=CCOC(=O)C1=C(C)N=c2s/c(=C3\C(=O)N(C)c4ccccc43)c(=O)n2[C@@H]1c1cccs1. The molecule has 0 saturated carbocycles. The fraction of sp³-hybridized carbons (Fsp3) is 0.167. The van der Waals surface area contributed by atoms with Crippen LogP contribution in [0.15, 0.2) is 75.5 Å². The number of likely N-dealkylation sites (N-methyl/N-ethyl adjacent to an activating group) is 1. The van der Waals surface area contributed by atoms with Crippen LogP contribution >= 0.6 is 22.7 Å². The molecule has 33 heavy (non-hydrogen) atoms. The van der Waals surface area contributed by atoms with Crippen molar-refractivity contribution < 1.29 is 14.3 Å². The number of fused-ring (bicyclic) bond motifs is 2. The quantitative estimate of drug-likeness (QED) is 0.427. The minimum absolute atomic E-state index is 0.0545. The molecule has 1 amide bonds. The Bertz CT molecular complexity index is 1530. The van der Waals surface area contributed by atoms with Crippen molar-refractivity contribution in [1.29, 1.82) is 0 Å². The Morgan fingerprint density at radius 3 is 2.76 bits per heavy atom. The van der Waals surface area contributed by atoms with Crippen molar-refractivity contribution in [3.63, 3.8) is 0 Å². The van der Waals surface area contributed by atoms with Crippen LogP contribution in [0.25, 0.3) is 5.57 Å². The predicted molar refractivity (Wildman–Crippen MR) is 128 cm³/mol. The highest BCUT2D eigenvalue weighted by Crippen LogP contribution is 2.35. The van der Waals surface area contributed by atoms with Gasteiger partial charge in [-0.3, -0.25) is 14.2 Å². The van der Waals surface area contributed by atoms with Crippen LogP contribution in [0.2, 0.25) is 0 Å². The van der Waals surface area contributed by atoms with Gasteiger partial charge in [0.1, 0.15) is 17.2 Å². The average Bonchev–Trinajstić information content (AvgIpc) is 3.50. The van der Waals surface area contributed by atoms with E-state index in [4.69, 9.17) is 4.74 Å². The maximum Gasteiger partial charge on any atom is 0.338 e. The number of carbonyl (C=O) groups excluding carboxylic acids is 2. The van der Waals surface area contributed by atoms with Gasteiger partial charge in [0.25, 0.3) is 11.5 Å². The van der Waals surface area contributed by atoms with E-state index in [2.05, 4.69) is 11.6 Å². The molecule has 7 nitrogen and oxygen atoms in total. The zero-order chi connectivity index (χ0) is 23.3. The van der Waals surface area contributed by atoms with Gasteiger partial charge < -0.3 is 9.64 Å². The number of thiazole rings is 1. The van der Waals surface area contributed by atoms with Crippen molar-refractivity contribution in [2.45, 2.75) is 13.0 Å². The van der Waals surface area contributed by atoms with Gasteiger partial charge in [-0.15, -0.1) is 11.3 Å². The third-order valence-electron chi connectivity index (χ3n) is 5.64. The maximum absolute atomic E-state index is 13.8. The molecule has 3 aromatic rings. The third kappa shape index (κ3) is 3.23. The summed E-state index contributed by atoms with van der Waals surface area (Å²) in [6.45, 7) is 5.37. The first-order valence-electron chi connectivity index (χ1n) is 10.2. The molecule has 0 saturated heterocycles. The summed E-state index contributed by atoms with van der Waals surface area (Å²) in [6, 6.07) is 10.4. The van der Waals surface area contributed by atoms with E-state index in [0.29, 0.717) is 31.7 Å². The molecule has 0 N–H and O–H groups in total. The summed E-state index contributed by atoms with van der Waals surface area (Å²) in [7, 11) is 1.69. The number of ether oxygens (including phenoxy) is 1. The monoisotopic (exact) mass is 477 g/mol. The lowest BCUT2D eigenvalue weighted by Gasteiger charge is -2.23. The first-order chi connectivity index (χ1) is 15.9. The van der Waals surface area contributed by atoms with Gasteiger partial charge in [-0.05, 0) is 24.4 Å². The minimum Gasteiger partial charge on any atom is -0.458 e. The first kappa shape index (κ1) is 21.3. The van der Waals surface area contributed by atoms with Crippen molar-refractivity contribution in [1.82, 2.24) is 4.57 Å². The number of anilines is 1. The number of para-hydroxylation sites is 1. The largest absolute Gasteiger partial charge is 0.458 e. The Kier molecular flexibility index (Phi) is 5.22. The van der Waals surface area contributed by atoms with E-state index in [1.54, 1.807) is 18.9 Å². The van der Waals surface area contributed by atoms with Crippen LogP contribution in [0.3, 0.4) is 0 Å². The van der Waals surface area contributed by atoms with Gasteiger partial charge in [-0.2, -0.15) is 0 Å². The molecule has 0 bridgehead atoms. The van der Waals surface area contributed by atoms with E-state index < -0.39 is 12.0 Å². The molecule has 0 spiro atoms. The summed E-state index contributed by atoms with van der Waals surface area (Å²) < 4.78 is 7.14. The van der Waals surface area contributed by atoms with Crippen LogP contribution in [0.1, 0.15) is 23.4 Å². The molecule has 2 aliphatic rings. The molecule has 1 atom stereocenters. The molecule has 4 heterocycles. The molecule has 1 aromatic carbocycles. The number of aromatic nitrogens is 1. The number of esters is 1. The standard InChI is InChI=1S/C24H19N3O4S2/c1-4-11-31-23(30)17-13(2)25-24-27(19(17)16-10-7-12-32-16)22(29)20(33-24)18-14-8-5-6-9-15(14)26(3)21(18)28/h4-10,12,19H,1,11H2,2-3H3/b20-18-/t19-/m1/s1. The topological polar surface area (TPSA) is 81.0 Å². The molecule has 9 heteroatoms. The molecule has 0 fully saturated rings. The van der Waals surface area contributed by atoms with E-state index in [0.717, 1.165) is 10.6 Å². The third-order valence-corrected chi connectivity index (χ3v) is 7.62. The van der Waals surface area contributed by atoms with Gasteiger partial charge >= 0.3 is 5.97 Å². The lowest BCUT2D eigenvalue weighted by atomic mass is 10.0. The highest BCUT2D eigenvalue weighted by Gasteiger charge is 2.36. The average molecular weight is 478 g/mol. The summed E-state index contributed by atoms with van der Waals surface area (Å²) in [5.41, 5.74) is 2.26.